The number of hydrogen-bond donors (Lipinski definition) is 1. The number of carbonyl (C=O) groups excluding carboxylic acids is 1. The zero-order valence-electron chi connectivity index (χ0n) is 15.9. The third kappa shape index (κ3) is 5.35. The summed E-state index contributed by atoms with van der Waals surface area (Å²) in [6, 6.07) is 5.99. The van der Waals surface area contributed by atoms with E-state index in [1.807, 2.05) is 6.92 Å². The van der Waals surface area contributed by atoms with E-state index in [1.165, 1.54) is 0 Å². The molecule has 1 fully saturated rings. The fraction of sp³-hybridized carbons (Fsp3) is 0.611. The molecule has 1 aliphatic heterocycles. The summed E-state index contributed by atoms with van der Waals surface area (Å²) in [5, 5.41) is 3.00. The molecule has 0 aliphatic carbocycles. The maximum absolute atomic E-state index is 12.7. The van der Waals surface area contributed by atoms with Gasteiger partial charge in [0.05, 0.1) is 18.6 Å². The van der Waals surface area contributed by atoms with Gasteiger partial charge < -0.3 is 15.0 Å². The molecule has 26 heavy (non-hydrogen) atoms. The highest BCUT2D eigenvalue weighted by Crippen LogP contribution is 2.24. The van der Waals surface area contributed by atoms with Crippen LogP contribution in [-0.2, 0) is 14.8 Å². The fourth-order valence-electron chi connectivity index (χ4n) is 3.14. The molecule has 1 aromatic rings. The van der Waals surface area contributed by atoms with E-state index in [2.05, 4.69) is 17.3 Å². The first-order valence-corrected chi connectivity index (χ1v) is 10.8. The van der Waals surface area contributed by atoms with Gasteiger partial charge in [0.15, 0.2) is 0 Å². The van der Waals surface area contributed by atoms with Crippen molar-refractivity contribution in [2.75, 3.05) is 37.3 Å². The van der Waals surface area contributed by atoms with Crippen LogP contribution in [0.1, 0.15) is 26.7 Å². The number of piperidine rings is 1. The van der Waals surface area contributed by atoms with E-state index in [4.69, 9.17) is 4.74 Å². The summed E-state index contributed by atoms with van der Waals surface area (Å²) in [6.45, 7) is 5.88. The van der Waals surface area contributed by atoms with Crippen LogP contribution < -0.4 is 14.4 Å². The van der Waals surface area contributed by atoms with Crippen molar-refractivity contribution in [3.8, 4) is 5.75 Å². The van der Waals surface area contributed by atoms with Crippen molar-refractivity contribution in [3.05, 3.63) is 24.3 Å². The lowest BCUT2D eigenvalue weighted by Gasteiger charge is -2.33. The summed E-state index contributed by atoms with van der Waals surface area (Å²) in [6.07, 6.45) is 2.86. The Morgan fingerprint density at radius 1 is 1.31 bits per heavy atom. The number of nitrogens with one attached hydrogen (secondary N) is 1. The molecule has 8 heteroatoms. The summed E-state index contributed by atoms with van der Waals surface area (Å²) >= 11 is 0. The Balaban J connectivity index is 2.14. The molecule has 0 unspecified atom stereocenters. The van der Waals surface area contributed by atoms with Gasteiger partial charge in [-0.1, -0.05) is 0 Å². The number of likely N-dealkylation sites (tertiary alicyclic amines) is 1. The minimum absolute atomic E-state index is 0.0860. The van der Waals surface area contributed by atoms with Crippen LogP contribution in [0.5, 0.6) is 5.75 Å². The quantitative estimate of drug-likeness (QED) is 0.771. The molecule has 2 rings (SSSR count). The van der Waals surface area contributed by atoms with Crippen molar-refractivity contribution in [2.45, 2.75) is 38.8 Å². The number of anilines is 1. The SMILES string of the molecule is CCOc1ccc(N([C@H](C)C(=O)NC2CCN(C)CC2)S(C)(=O)=O)cc1. The Labute approximate surface area is 156 Å². The van der Waals surface area contributed by atoms with Gasteiger partial charge in [-0.3, -0.25) is 9.10 Å². The average molecular weight is 384 g/mol. The highest BCUT2D eigenvalue weighted by Gasteiger charge is 2.30. The van der Waals surface area contributed by atoms with Crippen LogP contribution in [0, 0.1) is 0 Å². The second kappa shape index (κ2) is 8.73. The molecule has 146 valence electrons. The molecular weight excluding hydrogens is 354 g/mol. The van der Waals surface area contributed by atoms with Crippen molar-refractivity contribution in [1.82, 2.24) is 10.2 Å². The zero-order chi connectivity index (χ0) is 19.3. The van der Waals surface area contributed by atoms with Gasteiger partial charge >= 0.3 is 0 Å². The van der Waals surface area contributed by atoms with Crippen LogP contribution in [0.25, 0.3) is 0 Å². The lowest BCUT2D eigenvalue weighted by atomic mass is 10.1. The molecule has 1 aromatic carbocycles. The third-order valence-electron chi connectivity index (χ3n) is 4.56. The van der Waals surface area contributed by atoms with Crippen LogP contribution in [-0.4, -0.2) is 64.3 Å². The number of hydrogen-bond acceptors (Lipinski definition) is 5. The topological polar surface area (TPSA) is 79.0 Å². The van der Waals surface area contributed by atoms with E-state index in [-0.39, 0.29) is 11.9 Å². The summed E-state index contributed by atoms with van der Waals surface area (Å²) in [7, 11) is -1.56. The maximum Gasteiger partial charge on any atom is 0.243 e. The van der Waals surface area contributed by atoms with Gasteiger partial charge in [0.1, 0.15) is 11.8 Å². The van der Waals surface area contributed by atoms with Gasteiger partial charge in [0.2, 0.25) is 15.9 Å². The van der Waals surface area contributed by atoms with Gasteiger partial charge in [0, 0.05) is 6.04 Å². The Hall–Kier alpha value is -1.80. The first kappa shape index (κ1) is 20.5. The molecule has 0 spiro atoms. The Bertz CT molecular complexity index is 698. The van der Waals surface area contributed by atoms with Crippen LogP contribution in [0.15, 0.2) is 24.3 Å². The van der Waals surface area contributed by atoms with E-state index in [0.29, 0.717) is 18.0 Å². The van der Waals surface area contributed by atoms with Crippen molar-refractivity contribution in [3.63, 3.8) is 0 Å². The Morgan fingerprint density at radius 3 is 2.38 bits per heavy atom. The van der Waals surface area contributed by atoms with Gasteiger partial charge in [-0.05, 0) is 71.1 Å². The second-order valence-electron chi connectivity index (χ2n) is 6.75. The maximum atomic E-state index is 12.7. The van der Waals surface area contributed by atoms with E-state index >= 15 is 0 Å². The molecule has 1 atom stereocenters. The van der Waals surface area contributed by atoms with Crippen LogP contribution >= 0.6 is 0 Å². The number of sulfonamides is 1. The van der Waals surface area contributed by atoms with Crippen LogP contribution in [0.4, 0.5) is 5.69 Å². The fourth-order valence-corrected chi connectivity index (χ4v) is 4.31. The molecule has 1 amide bonds. The van der Waals surface area contributed by atoms with Crippen molar-refractivity contribution >= 4 is 21.6 Å². The minimum atomic E-state index is -3.61. The van der Waals surface area contributed by atoms with Gasteiger partial charge in [-0.2, -0.15) is 0 Å². The Kier molecular flexibility index (Phi) is 6.88. The second-order valence-corrected chi connectivity index (χ2v) is 8.61. The minimum Gasteiger partial charge on any atom is -0.494 e. The predicted octanol–water partition coefficient (Wildman–Crippen LogP) is 1.45. The molecule has 7 nitrogen and oxygen atoms in total. The molecule has 1 heterocycles. The van der Waals surface area contributed by atoms with Crippen LogP contribution in [0.3, 0.4) is 0 Å². The zero-order valence-corrected chi connectivity index (χ0v) is 16.8. The summed E-state index contributed by atoms with van der Waals surface area (Å²) in [5.41, 5.74) is 0.446. The molecule has 1 saturated heterocycles. The summed E-state index contributed by atoms with van der Waals surface area (Å²) in [5.74, 6) is 0.381. The number of carbonyl (C=O) groups is 1. The first-order chi connectivity index (χ1) is 12.2. The monoisotopic (exact) mass is 383 g/mol. The predicted molar refractivity (Wildman–Crippen MR) is 103 cm³/mol. The lowest BCUT2D eigenvalue weighted by molar-refractivity contribution is -0.122. The number of amides is 1. The number of rotatable bonds is 7. The summed E-state index contributed by atoms with van der Waals surface area (Å²) < 4.78 is 31.2. The van der Waals surface area contributed by atoms with Crippen molar-refractivity contribution in [2.24, 2.45) is 0 Å². The molecule has 1 aliphatic rings. The van der Waals surface area contributed by atoms with Gasteiger partial charge in [-0.25, -0.2) is 8.42 Å². The Morgan fingerprint density at radius 2 is 1.88 bits per heavy atom. The average Bonchev–Trinajstić information content (AvgIpc) is 2.57. The van der Waals surface area contributed by atoms with E-state index in [1.54, 1.807) is 31.2 Å². The highest BCUT2D eigenvalue weighted by atomic mass is 32.2. The highest BCUT2D eigenvalue weighted by molar-refractivity contribution is 7.92. The van der Waals surface area contributed by atoms with Crippen LogP contribution in [0.2, 0.25) is 0 Å². The number of nitrogens with zero attached hydrogens (tertiary/aromatic N) is 2. The van der Waals surface area contributed by atoms with Crippen molar-refractivity contribution < 1.29 is 17.9 Å². The molecule has 0 saturated carbocycles. The largest absolute Gasteiger partial charge is 0.494 e. The van der Waals surface area contributed by atoms with Gasteiger partial charge in [-0.15, -0.1) is 0 Å². The van der Waals surface area contributed by atoms with E-state index in [9.17, 15) is 13.2 Å². The molecule has 0 aromatic heterocycles. The first-order valence-electron chi connectivity index (χ1n) is 8.93. The number of ether oxygens (including phenoxy) is 1. The van der Waals surface area contributed by atoms with Gasteiger partial charge in [0.25, 0.3) is 0 Å². The van der Waals surface area contributed by atoms with E-state index < -0.39 is 16.1 Å². The summed E-state index contributed by atoms with van der Waals surface area (Å²) in [4.78, 5) is 14.9. The lowest BCUT2D eigenvalue weighted by Crippen LogP contribution is -2.52. The normalized spacial score (nSPS) is 17.5. The molecule has 0 radical (unpaired) electrons. The number of benzene rings is 1. The molecule has 0 bridgehead atoms. The smallest absolute Gasteiger partial charge is 0.243 e. The molecular formula is C18H29N3O4S. The van der Waals surface area contributed by atoms with Crippen molar-refractivity contribution in [1.29, 1.82) is 0 Å². The molecule has 1 N–H and O–H groups in total. The van der Waals surface area contributed by atoms with E-state index in [0.717, 1.165) is 36.5 Å². The third-order valence-corrected chi connectivity index (χ3v) is 5.80. The standard InChI is InChI=1S/C18H29N3O4S/c1-5-25-17-8-6-16(7-9-17)21(26(4,23)24)14(2)18(22)19-15-10-12-20(3)13-11-15/h6-9,14-15H,5,10-13H2,1-4H3,(H,19,22)/t14-/m1/s1.